The third-order valence-electron chi connectivity index (χ3n) is 2.70. The van der Waals surface area contributed by atoms with Crippen molar-refractivity contribution in [2.75, 3.05) is 7.11 Å². The van der Waals surface area contributed by atoms with Crippen molar-refractivity contribution in [3.8, 4) is 11.3 Å². The van der Waals surface area contributed by atoms with E-state index in [0.29, 0.717) is 5.69 Å². The van der Waals surface area contributed by atoms with Crippen LogP contribution in [-0.2, 0) is 4.74 Å². The second-order valence-corrected chi connectivity index (χ2v) is 3.81. The molecule has 4 heteroatoms. The fourth-order valence-electron chi connectivity index (χ4n) is 1.59. The van der Waals surface area contributed by atoms with E-state index >= 15 is 0 Å². The maximum Gasteiger partial charge on any atom is 0.266 e. The third-order valence-corrected chi connectivity index (χ3v) is 2.70. The number of ether oxygens (including phenoxy) is 1. The summed E-state index contributed by atoms with van der Waals surface area (Å²) in [7, 11) is 1.68. The maximum absolute atomic E-state index is 11.1. The number of hydrogen-bond acceptors (Lipinski definition) is 3. The van der Waals surface area contributed by atoms with E-state index in [1.165, 1.54) is 6.20 Å². The fraction of sp³-hybridized carbons (Fsp3) is 0.231. The molecule has 0 aliphatic carbocycles. The Morgan fingerprint density at radius 3 is 2.53 bits per heavy atom. The summed E-state index contributed by atoms with van der Waals surface area (Å²) in [6.45, 7) is 1.99. The van der Waals surface area contributed by atoms with Crippen LogP contribution in [0.5, 0.6) is 0 Å². The van der Waals surface area contributed by atoms with E-state index in [9.17, 15) is 4.79 Å². The fourth-order valence-corrected chi connectivity index (χ4v) is 1.59. The highest BCUT2D eigenvalue weighted by molar-refractivity contribution is 5.58. The molecular formula is C13H14N2O2. The van der Waals surface area contributed by atoms with Gasteiger partial charge in [-0.25, -0.2) is 0 Å². The SMILES string of the molecule is COC(C)c1ccc(-c2cncc(=O)[nH]2)cc1. The molecule has 0 saturated heterocycles. The molecule has 0 amide bonds. The minimum atomic E-state index is -0.197. The third kappa shape index (κ3) is 2.60. The van der Waals surface area contributed by atoms with Crippen LogP contribution >= 0.6 is 0 Å². The number of nitrogens with one attached hydrogen (secondary N) is 1. The van der Waals surface area contributed by atoms with Crippen molar-refractivity contribution in [2.24, 2.45) is 0 Å². The van der Waals surface area contributed by atoms with Gasteiger partial charge in [-0.3, -0.25) is 9.78 Å². The smallest absolute Gasteiger partial charge is 0.266 e. The van der Waals surface area contributed by atoms with Crippen molar-refractivity contribution in [1.29, 1.82) is 0 Å². The van der Waals surface area contributed by atoms with Crippen molar-refractivity contribution in [1.82, 2.24) is 9.97 Å². The molecule has 1 atom stereocenters. The van der Waals surface area contributed by atoms with Gasteiger partial charge in [0.25, 0.3) is 5.56 Å². The van der Waals surface area contributed by atoms with Crippen molar-refractivity contribution in [3.05, 3.63) is 52.6 Å². The zero-order valence-electron chi connectivity index (χ0n) is 9.81. The standard InChI is InChI=1S/C13H14N2O2/c1-9(17-2)10-3-5-11(6-4-10)12-7-14-8-13(16)15-12/h3-9H,1-2H3,(H,15,16). The Kier molecular flexibility index (Phi) is 3.35. The first-order chi connectivity index (χ1) is 8.20. The van der Waals surface area contributed by atoms with Crippen LogP contribution in [-0.4, -0.2) is 17.1 Å². The van der Waals surface area contributed by atoms with Crippen LogP contribution in [0.3, 0.4) is 0 Å². The quantitative estimate of drug-likeness (QED) is 0.878. The van der Waals surface area contributed by atoms with Crippen LogP contribution in [0.4, 0.5) is 0 Å². The molecular weight excluding hydrogens is 216 g/mol. The largest absolute Gasteiger partial charge is 0.377 e. The highest BCUT2D eigenvalue weighted by Crippen LogP contribution is 2.20. The van der Waals surface area contributed by atoms with Gasteiger partial charge in [-0.1, -0.05) is 24.3 Å². The molecule has 1 N–H and O–H groups in total. The zero-order valence-corrected chi connectivity index (χ0v) is 9.81. The lowest BCUT2D eigenvalue weighted by Crippen LogP contribution is -2.05. The Labute approximate surface area is 99.3 Å². The van der Waals surface area contributed by atoms with E-state index in [1.807, 2.05) is 31.2 Å². The summed E-state index contributed by atoms with van der Waals surface area (Å²) in [5, 5.41) is 0. The highest BCUT2D eigenvalue weighted by atomic mass is 16.5. The van der Waals surface area contributed by atoms with Gasteiger partial charge in [0.1, 0.15) is 0 Å². The predicted octanol–water partition coefficient (Wildman–Crippen LogP) is 2.14. The summed E-state index contributed by atoms with van der Waals surface area (Å²) in [5.41, 5.74) is 2.55. The first-order valence-electron chi connectivity index (χ1n) is 5.38. The number of nitrogens with zero attached hydrogens (tertiary/aromatic N) is 1. The Bertz CT molecular complexity index is 546. The molecule has 0 aliphatic heterocycles. The van der Waals surface area contributed by atoms with Gasteiger partial charge < -0.3 is 9.72 Å². The molecule has 17 heavy (non-hydrogen) atoms. The molecule has 0 bridgehead atoms. The van der Waals surface area contributed by atoms with E-state index in [4.69, 9.17) is 4.74 Å². The Balaban J connectivity index is 2.32. The normalized spacial score (nSPS) is 12.4. The number of rotatable bonds is 3. The minimum absolute atomic E-state index is 0.0667. The van der Waals surface area contributed by atoms with E-state index in [0.717, 1.165) is 11.1 Å². The second-order valence-electron chi connectivity index (χ2n) is 3.81. The van der Waals surface area contributed by atoms with Gasteiger partial charge >= 0.3 is 0 Å². The van der Waals surface area contributed by atoms with Crippen LogP contribution in [0.15, 0.2) is 41.5 Å². The molecule has 4 nitrogen and oxygen atoms in total. The molecule has 1 heterocycles. The number of methoxy groups -OCH3 is 1. The number of H-pyrrole nitrogens is 1. The van der Waals surface area contributed by atoms with Crippen LogP contribution in [0.1, 0.15) is 18.6 Å². The topological polar surface area (TPSA) is 55.0 Å². The number of hydrogen-bond donors (Lipinski definition) is 1. The monoisotopic (exact) mass is 230 g/mol. The number of benzene rings is 1. The molecule has 0 fully saturated rings. The van der Waals surface area contributed by atoms with Gasteiger partial charge in [0, 0.05) is 7.11 Å². The van der Waals surface area contributed by atoms with Crippen molar-refractivity contribution < 1.29 is 4.74 Å². The first-order valence-corrected chi connectivity index (χ1v) is 5.38. The first kappa shape index (κ1) is 11.5. The van der Waals surface area contributed by atoms with Crippen LogP contribution in [0.2, 0.25) is 0 Å². The van der Waals surface area contributed by atoms with E-state index in [-0.39, 0.29) is 11.7 Å². The summed E-state index contributed by atoms with van der Waals surface area (Å²) in [6, 6.07) is 7.85. The Morgan fingerprint density at radius 2 is 1.94 bits per heavy atom. The molecule has 1 aromatic carbocycles. The average molecular weight is 230 g/mol. The lowest BCUT2D eigenvalue weighted by Gasteiger charge is -2.10. The van der Waals surface area contributed by atoms with Gasteiger partial charge in [-0.15, -0.1) is 0 Å². The number of aromatic amines is 1. The van der Waals surface area contributed by atoms with Crippen LogP contribution in [0.25, 0.3) is 11.3 Å². The summed E-state index contributed by atoms with van der Waals surface area (Å²) in [6.07, 6.45) is 2.96. The number of aromatic nitrogens is 2. The molecule has 0 saturated carbocycles. The van der Waals surface area contributed by atoms with Gasteiger partial charge in [0.05, 0.1) is 24.2 Å². The van der Waals surface area contributed by atoms with Crippen molar-refractivity contribution in [3.63, 3.8) is 0 Å². The average Bonchev–Trinajstić information content (AvgIpc) is 2.38. The Morgan fingerprint density at radius 1 is 1.24 bits per heavy atom. The maximum atomic E-state index is 11.1. The van der Waals surface area contributed by atoms with Gasteiger partial charge in [0.15, 0.2) is 0 Å². The summed E-state index contributed by atoms with van der Waals surface area (Å²) >= 11 is 0. The molecule has 2 rings (SSSR count). The molecule has 0 spiro atoms. The molecule has 88 valence electrons. The Hall–Kier alpha value is -1.94. The summed E-state index contributed by atoms with van der Waals surface area (Å²) in [5.74, 6) is 0. The van der Waals surface area contributed by atoms with Crippen LogP contribution in [0, 0.1) is 0 Å². The minimum Gasteiger partial charge on any atom is -0.377 e. The highest BCUT2D eigenvalue weighted by Gasteiger charge is 2.04. The lowest BCUT2D eigenvalue weighted by molar-refractivity contribution is 0.119. The van der Waals surface area contributed by atoms with Gasteiger partial charge in [-0.2, -0.15) is 0 Å². The molecule has 1 aromatic heterocycles. The van der Waals surface area contributed by atoms with Gasteiger partial charge in [0.2, 0.25) is 0 Å². The molecule has 0 aliphatic rings. The van der Waals surface area contributed by atoms with E-state index < -0.39 is 0 Å². The van der Waals surface area contributed by atoms with Gasteiger partial charge in [-0.05, 0) is 18.1 Å². The van der Waals surface area contributed by atoms with Crippen LogP contribution < -0.4 is 5.56 Å². The summed E-state index contributed by atoms with van der Waals surface area (Å²) in [4.78, 5) is 17.7. The molecule has 0 radical (unpaired) electrons. The van der Waals surface area contributed by atoms with Crippen molar-refractivity contribution >= 4 is 0 Å². The summed E-state index contributed by atoms with van der Waals surface area (Å²) < 4.78 is 5.23. The lowest BCUT2D eigenvalue weighted by atomic mass is 10.1. The van der Waals surface area contributed by atoms with E-state index in [1.54, 1.807) is 13.3 Å². The second kappa shape index (κ2) is 4.93. The van der Waals surface area contributed by atoms with Crippen molar-refractivity contribution in [2.45, 2.75) is 13.0 Å². The predicted molar refractivity (Wildman–Crippen MR) is 65.7 cm³/mol. The van der Waals surface area contributed by atoms with E-state index in [2.05, 4.69) is 9.97 Å². The molecule has 2 aromatic rings. The molecule has 1 unspecified atom stereocenters. The zero-order chi connectivity index (χ0) is 12.3.